The van der Waals surface area contributed by atoms with Gasteiger partial charge in [-0.3, -0.25) is 4.68 Å². The van der Waals surface area contributed by atoms with Gasteiger partial charge in [0.1, 0.15) is 0 Å². The average Bonchev–Trinajstić information content (AvgIpc) is 3.20. The molecular weight excluding hydrogens is 373 g/mol. The van der Waals surface area contributed by atoms with E-state index in [1.54, 1.807) is 0 Å². The van der Waals surface area contributed by atoms with Crippen LogP contribution in [0.15, 0.2) is 48.7 Å². The molecule has 5 nitrogen and oxygen atoms in total. The molecule has 0 saturated carbocycles. The van der Waals surface area contributed by atoms with Crippen LogP contribution in [0.25, 0.3) is 10.9 Å². The van der Waals surface area contributed by atoms with Gasteiger partial charge in [-0.05, 0) is 65.7 Å². The zero-order chi connectivity index (χ0) is 21.7. The van der Waals surface area contributed by atoms with Crippen molar-refractivity contribution in [2.45, 2.75) is 64.8 Å². The number of likely N-dealkylation sites (N-methyl/N-ethyl adjacent to an activating group) is 1. The molecule has 0 amide bonds. The number of nitrogens with one attached hydrogen (secondary N) is 1. The molecular formula is C24H32BN3O2. The maximum absolute atomic E-state index is 6.23. The summed E-state index contributed by atoms with van der Waals surface area (Å²) in [5, 5.41) is 9.27. The summed E-state index contributed by atoms with van der Waals surface area (Å²) in [6, 6.07) is 15.4. The number of aromatic nitrogens is 2. The molecule has 1 aliphatic heterocycles. The number of benzene rings is 2. The minimum atomic E-state index is -0.369. The number of hydrogen-bond donors (Lipinski definition) is 1. The number of rotatable bonds is 5. The van der Waals surface area contributed by atoms with Gasteiger partial charge in [-0.1, -0.05) is 42.0 Å². The Kier molecular flexibility index (Phi) is 5.29. The first-order valence-electron chi connectivity index (χ1n) is 10.7. The molecule has 0 spiro atoms. The van der Waals surface area contributed by atoms with Gasteiger partial charge in [0.25, 0.3) is 0 Å². The van der Waals surface area contributed by atoms with Crippen molar-refractivity contribution in [3.05, 3.63) is 59.8 Å². The molecule has 6 heteroatoms. The van der Waals surface area contributed by atoms with Gasteiger partial charge in [0.2, 0.25) is 0 Å². The third-order valence-electron chi connectivity index (χ3n) is 6.76. The first-order valence-corrected chi connectivity index (χ1v) is 10.7. The fraction of sp³-hybridized carbons (Fsp3) is 0.458. The lowest BCUT2D eigenvalue weighted by atomic mass is 9.78. The van der Waals surface area contributed by atoms with Gasteiger partial charge in [-0.25, -0.2) is 0 Å². The quantitative estimate of drug-likeness (QED) is 0.656. The summed E-state index contributed by atoms with van der Waals surface area (Å²) in [5.74, 6) is 0. The SMILES string of the molecule is CNC(C)C(c1ccc(C)cc1)n1ncc2cc(B3OC(C)(C)C(C)(C)O3)ccc21. The van der Waals surface area contributed by atoms with Crippen molar-refractivity contribution in [3.8, 4) is 0 Å². The molecule has 3 aromatic rings. The van der Waals surface area contributed by atoms with Crippen LogP contribution in [0, 0.1) is 6.92 Å². The summed E-state index contributed by atoms with van der Waals surface area (Å²) in [6.45, 7) is 12.6. The number of aryl methyl sites for hydroxylation is 1. The molecule has 1 aliphatic rings. The molecule has 2 unspecified atom stereocenters. The van der Waals surface area contributed by atoms with Gasteiger partial charge in [0, 0.05) is 11.4 Å². The van der Waals surface area contributed by atoms with Crippen LogP contribution in [0.3, 0.4) is 0 Å². The maximum atomic E-state index is 6.23. The fourth-order valence-electron chi connectivity index (χ4n) is 3.98. The number of nitrogens with zero attached hydrogens (tertiary/aromatic N) is 2. The van der Waals surface area contributed by atoms with E-state index < -0.39 is 0 Å². The van der Waals surface area contributed by atoms with Crippen LogP contribution in [0.5, 0.6) is 0 Å². The molecule has 1 fully saturated rings. The third-order valence-corrected chi connectivity index (χ3v) is 6.76. The van der Waals surface area contributed by atoms with E-state index in [0.717, 1.165) is 16.4 Å². The summed E-state index contributed by atoms with van der Waals surface area (Å²) in [5.41, 5.74) is 3.91. The van der Waals surface area contributed by atoms with E-state index in [-0.39, 0.29) is 30.4 Å². The Morgan fingerprint density at radius 2 is 1.63 bits per heavy atom. The lowest BCUT2D eigenvalue weighted by Crippen LogP contribution is -2.41. The first kappa shape index (κ1) is 21.1. The van der Waals surface area contributed by atoms with Gasteiger partial charge in [-0.2, -0.15) is 5.10 Å². The second kappa shape index (κ2) is 7.52. The highest BCUT2D eigenvalue weighted by molar-refractivity contribution is 6.62. The van der Waals surface area contributed by atoms with Crippen molar-refractivity contribution in [2.24, 2.45) is 0 Å². The Bertz CT molecular complexity index is 1030. The monoisotopic (exact) mass is 405 g/mol. The second-order valence-electron chi connectivity index (χ2n) is 9.43. The first-order chi connectivity index (χ1) is 14.1. The zero-order valence-corrected chi connectivity index (χ0v) is 19.1. The predicted molar refractivity (Wildman–Crippen MR) is 123 cm³/mol. The largest absolute Gasteiger partial charge is 0.494 e. The van der Waals surface area contributed by atoms with Crippen molar-refractivity contribution < 1.29 is 9.31 Å². The van der Waals surface area contributed by atoms with E-state index in [0.29, 0.717) is 0 Å². The molecule has 0 aliphatic carbocycles. The minimum absolute atomic E-state index is 0.0933. The highest BCUT2D eigenvalue weighted by Crippen LogP contribution is 2.36. The Morgan fingerprint density at radius 3 is 2.23 bits per heavy atom. The van der Waals surface area contributed by atoms with Crippen molar-refractivity contribution in [2.75, 3.05) is 7.05 Å². The zero-order valence-electron chi connectivity index (χ0n) is 19.1. The predicted octanol–water partition coefficient (Wildman–Crippen LogP) is 3.84. The van der Waals surface area contributed by atoms with E-state index >= 15 is 0 Å². The van der Waals surface area contributed by atoms with Gasteiger partial charge in [-0.15, -0.1) is 0 Å². The molecule has 2 aromatic carbocycles. The molecule has 4 rings (SSSR count). The number of hydrogen-bond acceptors (Lipinski definition) is 4. The molecule has 0 bridgehead atoms. The van der Waals surface area contributed by atoms with E-state index in [1.807, 2.05) is 13.2 Å². The Labute approximate surface area is 179 Å². The van der Waals surface area contributed by atoms with E-state index in [4.69, 9.17) is 14.4 Å². The van der Waals surface area contributed by atoms with Gasteiger partial charge < -0.3 is 14.6 Å². The summed E-state index contributed by atoms with van der Waals surface area (Å²) in [7, 11) is 1.63. The smallest absolute Gasteiger partial charge is 0.399 e. The van der Waals surface area contributed by atoms with Crippen LogP contribution in [0.2, 0.25) is 0 Å². The van der Waals surface area contributed by atoms with Crippen molar-refractivity contribution >= 4 is 23.5 Å². The number of fused-ring (bicyclic) bond motifs is 1. The van der Waals surface area contributed by atoms with Crippen LogP contribution in [-0.4, -0.2) is 41.2 Å². The summed E-state index contributed by atoms with van der Waals surface area (Å²) in [4.78, 5) is 0. The van der Waals surface area contributed by atoms with Gasteiger partial charge >= 0.3 is 7.12 Å². The standard InChI is InChI=1S/C24H32BN3O2/c1-16-8-10-18(11-9-16)22(17(2)26-7)28-21-13-12-20(14-19(21)15-27-28)25-29-23(3,4)24(5,6)30-25/h8-15,17,22,26H,1-7H3. The van der Waals surface area contributed by atoms with E-state index in [2.05, 4.69) is 94.0 Å². The Balaban J connectivity index is 1.72. The van der Waals surface area contributed by atoms with E-state index in [9.17, 15) is 0 Å². The summed E-state index contributed by atoms with van der Waals surface area (Å²) >= 11 is 0. The summed E-state index contributed by atoms with van der Waals surface area (Å²) < 4.78 is 14.6. The second-order valence-corrected chi connectivity index (χ2v) is 9.43. The lowest BCUT2D eigenvalue weighted by Gasteiger charge is -2.32. The third kappa shape index (κ3) is 3.57. The van der Waals surface area contributed by atoms with Crippen LogP contribution in [-0.2, 0) is 9.31 Å². The Morgan fingerprint density at radius 1 is 1.00 bits per heavy atom. The van der Waals surface area contributed by atoms with Crippen LogP contribution in [0.4, 0.5) is 0 Å². The molecule has 158 valence electrons. The van der Waals surface area contributed by atoms with E-state index in [1.165, 1.54) is 11.1 Å². The highest BCUT2D eigenvalue weighted by atomic mass is 16.7. The lowest BCUT2D eigenvalue weighted by molar-refractivity contribution is 0.00578. The van der Waals surface area contributed by atoms with Crippen molar-refractivity contribution in [1.29, 1.82) is 0 Å². The topological polar surface area (TPSA) is 48.3 Å². The summed E-state index contributed by atoms with van der Waals surface area (Å²) in [6.07, 6.45) is 1.94. The molecule has 2 atom stereocenters. The van der Waals surface area contributed by atoms with Crippen LogP contribution in [0.1, 0.15) is 51.8 Å². The van der Waals surface area contributed by atoms with Crippen LogP contribution >= 0.6 is 0 Å². The Hall–Kier alpha value is -2.15. The van der Waals surface area contributed by atoms with Crippen molar-refractivity contribution in [3.63, 3.8) is 0 Å². The average molecular weight is 405 g/mol. The fourth-order valence-corrected chi connectivity index (χ4v) is 3.98. The molecule has 30 heavy (non-hydrogen) atoms. The van der Waals surface area contributed by atoms with Gasteiger partial charge in [0.15, 0.2) is 0 Å². The highest BCUT2D eigenvalue weighted by Gasteiger charge is 2.51. The molecule has 1 N–H and O–H groups in total. The van der Waals surface area contributed by atoms with Crippen LogP contribution < -0.4 is 10.8 Å². The maximum Gasteiger partial charge on any atom is 0.494 e. The normalized spacial score (nSPS) is 19.9. The molecule has 1 saturated heterocycles. The molecule has 0 radical (unpaired) electrons. The van der Waals surface area contributed by atoms with Crippen molar-refractivity contribution in [1.82, 2.24) is 15.1 Å². The minimum Gasteiger partial charge on any atom is -0.399 e. The molecule has 1 aromatic heterocycles. The van der Waals surface area contributed by atoms with Gasteiger partial charge in [0.05, 0.1) is 29.0 Å². The molecule has 2 heterocycles.